The van der Waals surface area contributed by atoms with Gasteiger partial charge < -0.3 is 14.8 Å². The summed E-state index contributed by atoms with van der Waals surface area (Å²) in [5.41, 5.74) is 0. The lowest BCUT2D eigenvalue weighted by Crippen LogP contribution is -2.35. The Balaban J connectivity index is 3.48. The van der Waals surface area contributed by atoms with E-state index in [1.807, 2.05) is 0 Å². The number of hydrogen-bond donors (Lipinski definition) is 1. The van der Waals surface area contributed by atoms with Crippen molar-refractivity contribution >= 4 is 17.7 Å². The van der Waals surface area contributed by atoms with E-state index < -0.39 is 0 Å². The maximum Gasteiger partial charge on any atom is 0.306 e. The number of hydrogen-bond acceptors (Lipinski definition) is 5. The number of nitrogens with one attached hydrogen (secondary N) is 1. The van der Waals surface area contributed by atoms with E-state index in [0.29, 0.717) is 19.1 Å². The van der Waals surface area contributed by atoms with Crippen LogP contribution in [0.25, 0.3) is 0 Å². The van der Waals surface area contributed by atoms with Crippen molar-refractivity contribution in [3.63, 3.8) is 0 Å². The van der Waals surface area contributed by atoms with Crippen LogP contribution in [-0.2, 0) is 14.3 Å². The summed E-state index contributed by atoms with van der Waals surface area (Å²) in [4.78, 5) is 10.8. The molecule has 0 aliphatic rings. The number of esters is 1. The molecule has 1 atom stereocenters. The summed E-state index contributed by atoms with van der Waals surface area (Å²) >= 11 is 1.74. The molecule has 0 aliphatic heterocycles. The summed E-state index contributed by atoms with van der Waals surface area (Å²) in [5.74, 6) is 1.62. The molecular weight excluding hydrogens is 214 g/mol. The molecule has 0 aromatic carbocycles. The number of carbonyl (C=O) groups is 1. The zero-order valence-corrected chi connectivity index (χ0v) is 10.6. The maximum atomic E-state index is 10.8. The van der Waals surface area contributed by atoms with Crippen LogP contribution in [0.5, 0.6) is 0 Å². The topological polar surface area (TPSA) is 47.6 Å². The average Bonchev–Trinajstić information content (AvgIpc) is 2.24. The van der Waals surface area contributed by atoms with E-state index in [4.69, 9.17) is 4.74 Å². The van der Waals surface area contributed by atoms with E-state index in [-0.39, 0.29) is 5.97 Å². The number of thioether (sulfide) groups is 1. The average molecular weight is 235 g/mol. The molecular formula is C10H21NO3S. The van der Waals surface area contributed by atoms with Crippen LogP contribution < -0.4 is 5.32 Å². The SMILES string of the molecule is CCNC(COC)CSCCC(=O)OC. The smallest absolute Gasteiger partial charge is 0.306 e. The molecule has 90 valence electrons. The quantitative estimate of drug-likeness (QED) is 0.475. The molecule has 5 heteroatoms. The lowest BCUT2D eigenvalue weighted by Gasteiger charge is -2.15. The molecule has 0 saturated heterocycles. The van der Waals surface area contributed by atoms with Gasteiger partial charge in [0.15, 0.2) is 0 Å². The standard InChI is InChI=1S/C10H21NO3S/c1-4-11-9(7-13-2)8-15-6-5-10(12)14-3/h9,11H,4-8H2,1-3H3. The Morgan fingerprint density at radius 3 is 2.73 bits per heavy atom. The second-order valence-electron chi connectivity index (χ2n) is 3.11. The summed E-state index contributed by atoms with van der Waals surface area (Å²) in [7, 11) is 3.11. The van der Waals surface area contributed by atoms with Crippen molar-refractivity contribution in [3.05, 3.63) is 0 Å². The molecule has 0 aromatic rings. The van der Waals surface area contributed by atoms with Crippen molar-refractivity contribution in [1.82, 2.24) is 5.32 Å². The Bertz CT molecular complexity index is 161. The first kappa shape index (κ1) is 14.7. The van der Waals surface area contributed by atoms with Crippen LogP contribution in [0.3, 0.4) is 0 Å². The van der Waals surface area contributed by atoms with Crippen molar-refractivity contribution in [3.8, 4) is 0 Å². The molecule has 0 aromatic heterocycles. The third-order valence-electron chi connectivity index (χ3n) is 1.86. The Labute approximate surface area is 96.1 Å². The van der Waals surface area contributed by atoms with Gasteiger partial charge in [-0.05, 0) is 6.54 Å². The fourth-order valence-electron chi connectivity index (χ4n) is 1.14. The van der Waals surface area contributed by atoms with Crippen LogP contribution in [0.2, 0.25) is 0 Å². The van der Waals surface area contributed by atoms with E-state index in [1.54, 1.807) is 18.9 Å². The third-order valence-corrected chi connectivity index (χ3v) is 2.99. The summed E-state index contributed by atoms with van der Waals surface area (Å²) in [6.07, 6.45) is 0.479. The first-order valence-corrected chi connectivity index (χ1v) is 6.26. The molecule has 0 amide bonds. The first-order valence-electron chi connectivity index (χ1n) is 5.11. The fraction of sp³-hybridized carbons (Fsp3) is 0.900. The highest BCUT2D eigenvalue weighted by atomic mass is 32.2. The number of rotatable bonds is 9. The summed E-state index contributed by atoms with van der Waals surface area (Å²) in [6.45, 7) is 3.71. The first-order chi connectivity index (χ1) is 7.24. The zero-order valence-electron chi connectivity index (χ0n) is 9.75. The lowest BCUT2D eigenvalue weighted by molar-refractivity contribution is -0.140. The minimum Gasteiger partial charge on any atom is -0.469 e. The predicted molar refractivity (Wildman–Crippen MR) is 63.3 cm³/mol. The van der Waals surface area contributed by atoms with E-state index >= 15 is 0 Å². The molecule has 4 nitrogen and oxygen atoms in total. The minimum atomic E-state index is -0.144. The number of methoxy groups -OCH3 is 2. The van der Waals surface area contributed by atoms with Crippen LogP contribution >= 0.6 is 11.8 Å². The van der Waals surface area contributed by atoms with Gasteiger partial charge in [-0.15, -0.1) is 0 Å². The molecule has 0 aliphatic carbocycles. The highest BCUT2D eigenvalue weighted by molar-refractivity contribution is 7.99. The molecule has 0 bridgehead atoms. The molecule has 0 rings (SSSR count). The highest BCUT2D eigenvalue weighted by Crippen LogP contribution is 2.06. The minimum absolute atomic E-state index is 0.144. The van der Waals surface area contributed by atoms with Gasteiger partial charge in [0.25, 0.3) is 0 Å². The molecule has 0 spiro atoms. The van der Waals surface area contributed by atoms with Crippen molar-refractivity contribution in [1.29, 1.82) is 0 Å². The van der Waals surface area contributed by atoms with Gasteiger partial charge in [-0.25, -0.2) is 0 Å². The summed E-state index contributed by atoms with van der Waals surface area (Å²) in [6, 6.07) is 0.364. The number of likely N-dealkylation sites (N-methyl/N-ethyl adjacent to an activating group) is 1. The zero-order chi connectivity index (χ0) is 11.5. The third kappa shape index (κ3) is 8.72. The Kier molecular flexibility index (Phi) is 10.1. The van der Waals surface area contributed by atoms with Gasteiger partial charge in [-0.2, -0.15) is 11.8 Å². The van der Waals surface area contributed by atoms with Gasteiger partial charge in [0.2, 0.25) is 0 Å². The molecule has 0 radical (unpaired) electrons. The van der Waals surface area contributed by atoms with Crippen LogP contribution in [0.15, 0.2) is 0 Å². The van der Waals surface area contributed by atoms with E-state index in [0.717, 1.165) is 18.1 Å². The summed E-state index contributed by atoms with van der Waals surface area (Å²) in [5, 5.41) is 3.32. The number of carbonyl (C=O) groups excluding carboxylic acids is 1. The fourth-order valence-corrected chi connectivity index (χ4v) is 2.12. The maximum absolute atomic E-state index is 10.8. The van der Waals surface area contributed by atoms with E-state index in [2.05, 4.69) is 17.0 Å². The van der Waals surface area contributed by atoms with Crippen molar-refractivity contribution < 1.29 is 14.3 Å². The Morgan fingerprint density at radius 2 is 2.20 bits per heavy atom. The van der Waals surface area contributed by atoms with Crippen LogP contribution in [0, 0.1) is 0 Å². The Morgan fingerprint density at radius 1 is 1.47 bits per heavy atom. The molecule has 0 fully saturated rings. The van der Waals surface area contributed by atoms with E-state index in [1.165, 1.54) is 7.11 Å². The van der Waals surface area contributed by atoms with Crippen LogP contribution in [-0.4, -0.2) is 50.9 Å². The van der Waals surface area contributed by atoms with Gasteiger partial charge in [-0.1, -0.05) is 6.92 Å². The van der Waals surface area contributed by atoms with Crippen molar-refractivity contribution in [2.45, 2.75) is 19.4 Å². The van der Waals surface area contributed by atoms with Gasteiger partial charge >= 0.3 is 5.97 Å². The Hall–Kier alpha value is -0.260. The van der Waals surface area contributed by atoms with Crippen molar-refractivity contribution in [2.75, 3.05) is 38.9 Å². The molecule has 15 heavy (non-hydrogen) atoms. The molecule has 1 N–H and O–H groups in total. The summed E-state index contributed by atoms with van der Waals surface area (Å²) < 4.78 is 9.65. The molecule has 0 saturated carbocycles. The largest absolute Gasteiger partial charge is 0.469 e. The predicted octanol–water partition coefficient (Wildman–Crippen LogP) is 0.907. The molecule has 0 heterocycles. The second-order valence-corrected chi connectivity index (χ2v) is 4.26. The van der Waals surface area contributed by atoms with Gasteiger partial charge in [-0.3, -0.25) is 4.79 Å². The monoisotopic (exact) mass is 235 g/mol. The second kappa shape index (κ2) is 10.3. The van der Waals surface area contributed by atoms with Gasteiger partial charge in [0, 0.05) is 24.7 Å². The highest BCUT2D eigenvalue weighted by Gasteiger charge is 2.07. The van der Waals surface area contributed by atoms with Gasteiger partial charge in [0.1, 0.15) is 0 Å². The van der Waals surface area contributed by atoms with Gasteiger partial charge in [0.05, 0.1) is 20.1 Å². The van der Waals surface area contributed by atoms with Crippen LogP contribution in [0.1, 0.15) is 13.3 Å². The van der Waals surface area contributed by atoms with E-state index in [9.17, 15) is 4.79 Å². The normalized spacial score (nSPS) is 12.5. The molecule has 1 unspecified atom stereocenters. The van der Waals surface area contributed by atoms with Crippen molar-refractivity contribution in [2.24, 2.45) is 0 Å². The number of ether oxygens (including phenoxy) is 2. The van der Waals surface area contributed by atoms with Crippen LogP contribution in [0.4, 0.5) is 0 Å². The lowest BCUT2D eigenvalue weighted by atomic mass is 10.3.